The molecule has 1 heterocycles. The summed E-state index contributed by atoms with van der Waals surface area (Å²) in [5.41, 5.74) is 4.41. The van der Waals surface area contributed by atoms with Crippen molar-refractivity contribution in [3.63, 3.8) is 0 Å². The van der Waals surface area contributed by atoms with Crippen molar-refractivity contribution in [3.8, 4) is 0 Å². The van der Waals surface area contributed by atoms with E-state index >= 15 is 0 Å². The van der Waals surface area contributed by atoms with Gasteiger partial charge in [-0.2, -0.15) is 0 Å². The van der Waals surface area contributed by atoms with Crippen molar-refractivity contribution in [1.29, 1.82) is 0 Å². The number of hydrazine groups is 1. The molecule has 0 aliphatic rings. The van der Waals surface area contributed by atoms with Crippen LogP contribution in [0.1, 0.15) is 16.1 Å². The molecule has 1 aromatic rings. The number of hydrogen-bond acceptors (Lipinski definition) is 4. The maximum Gasteiger partial charge on any atom is 0.339 e. The SMILES string of the molecule is Cc1cc(NN(C)C)c(C(=O)O)cn1. The monoisotopic (exact) mass is 195 g/mol. The van der Waals surface area contributed by atoms with Gasteiger partial charge in [0.1, 0.15) is 5.56 Å². The maximum atomic E-state index is 10.8. The van der Waals surface area contributed by atoms with Crippen molar-refractivity contribution >= 4 is 11.7 Å². The van der Waals surface area contributed by atoms with E-state index in [1.165, 1.54) is 6.20 Å². The first-order valence-electron chi connectivity index (χ1n) is 4.14. The highest BCUT2D eigenvalue weighted by Gasteiger charge is 2.10. The minimum absolute atomic E-state index is 0.171. The second-order valence-corrected chi connectivity index (χ2v) is 3.18. The maximum absolute atomic E-state index is 10.8. The Morgan fingerprint density at radius 2 is 2.21 bits per heavy atom. The highest BCUT2D eigenvalue weighted by molar-refractivity contribution is 5.93. The Hall–Kier alpha value is -1.62. The van der Waals surface area contributed by atoms with Gasteiger partial charge in [-0.3, -0.25) is 4.98 Å². The molecule has 0 atom stereocenters. The first-order chi connectivity index (χ1) is 6.50. The van der Waals surface area contributed by atoms with E-state index < -0.39 is 5.97 Å². The molecule has 5 heteroatoms. The van der Waals surface area contributed by atoms with Crippen molar-refractivity contribution in [2.75, 3.05) is 19.5 Å². The number of anilines is 1. The number of nitrogens with zero attached hydrogens (tertiary/aromatic N) is 2. The standard InChI is InChI=1S/C9H13N3O2/c1-6-4-8(11-12(2)3)7(5-10-6)9(13)14/h4-5H,1-3H3,(H,10,11)(H,13,14). The molecule has 2 N–H and O–H groups in total. The third-order valence-corrected chi connectivity index (χ3v) is 1.62. The average molecular weight is 195 g/mol. The van der Waals surface area contributed by atoms with E-state index in [0.29, 0.717) is 5.69 Å². The predicted molar refractivity (Wildman–Crippen MR) is 53.2 cm³/mol. The van der Waals surface area contributed by atoms with Crippen molar-refractivity contribution in [2.45, 2.75) is 6.92 Å². The molecule has 0 saturated heterocycles. The van der Waals surface area contributed by atoms with Crippen LogP contribution in [-0.2, 0) is 0 Å². The number of pyridine rings is 1. The number of carboxylic acid groups (broad SMARTS) is 1. The van der Waals surface area contributed by atoms with Gasteiger partial charge in [-0.15, -0.1) is 0 Å². The van der Waals surface area contributed by atoms with Crippen LogP contribution in [0.5, 0.6) is 0 Å². The molecule has 76 valence electrons. The van der Waals surface area contributed by atoms with Gasteiger partial charge in [-0.05, 0) is 13.0 Å². The lowest BCUT2D eigenvalue weighted by atomic mass is 10.2. The normalized spacial score (nSPS) is 10.3. The Kier molecular flexibility index (Phi) is 3.03. The zero-order chi connectivity index (χ0) is 10.7. The minimum atomic E-state index is -0.984. The molecule has 0 aliphatic carbocycles. The van der Waals surface area contributed by atoms with Crippen LogP contribution in [0.3, 0.4) is 0 Å². The van der Waals surface area contributed by atoms with Crippen LogP contribution in [0.4, 0.5) is 5.69 Å². The van der Waals surface area contributed by atoms with E-state index in [9.17, 15) is 4.79 Å². The van der Waals surface area contributed by atoms with Crippen molar-refractivity contribution in [3.05, 3.63) is 23.5 Å². The minimum Gasteiger partial charge on any atom is -0.478 e. The van der Waals surface area contributed by atoms with Gasteiger partial charge in [0.2, 0.25) is 0 Å². The van der Waals surface area contributed by atoms with Crippen LogP contribution in [0.2, 0.25) is 0 Å². The first kappa shape index (κ1) is 10.5. The van der Waals surface area contributed by atoms with Crippen molar-refractivity contribution in [1.82, 2.24) is 9.99 Å². The molecule has 0 spiro atoms. The molecule has 0 radical (unpaired) electrons. The predicted octanol–water partition coefficient (Wildman–Crippen LogP) is 0.977. The lowest BCUT2D eigenvalue weighted by Gasteiger charge is -2.15. The van der Waals surface area contributed by atoms with E-state index in [-0.39, 0.29) is 5.56 Å². The summed E-state index contributed by atoms with van der Waals surface area (Å²) < 4.78 is 0. The molecule has 1 rings (SSSR count). The lowest BCUT2D eigenvalue weighted by Crippen LogP contribution is -2.21. The van der Waals surface area contributed by atoms with E-state index in [2.05, 4.69) is 10.4 Å². The van der Waals surface area contributed by atoms with Gasteiger partial charge in [-0.25, -0.2) is 9.80 Å². The van der Waals surface area contributed by atoms with Crippen LogP contribution in [0.25, 0.3) is 0 Å². The molecule has 5 nitrogen and oxygen atoms in total. The number of nitrogens with one attached hydrogen (secondary N) is 1. The summed E-state index contributed by atoms with van der Waals surface area (Å²) in [6.07, 6.45) is 1.35. The zero-order valence-corrected chi connectivity index (χ0v) is 8.40. The molecule has 1 aromatic heterocycles. The van der Waals surface area contributed by atoms with E-state index in [1.807, 2.05) is 6.92 Å². The summed E-state index contributed by atoms with van der Waals surface area (Å²) >= 11 is 0. The summed E-state index contributed by atoms with van der Waals surface area (Å²) in [5, 5.41) is 10.6. The Balaban J connectivity index is 3.09. The van der Waals surface area contributed by atoms with Crippen LogP contribution < -0.4 is 5.43 Å². The zero-order valence-electron chi connectivity index (χ0n) is 8.40. The second kappa shape index (κ2) is 4.06. The first-order valence-corrected chi connectivity index (χ1v) is 4.14. The second-order valence-electron chi connectivity index (χ2n) is 3.18. The summed E-state index contributed by atoms with van der Waals surface area (Å²) in [6.45, 7) is 1.81. The molecule has 0 aromatic carbocycles. The molecule has 14 heavy (non-hydrogen) atoms. The van der Waals surface area contributed by atoms with Gasteiger partial charge >= 0.3 is 5.97 Å². The average Bonchev–Trinajstić information content (AvgIpc) is 2.01. The van der Waals surface area contributed by atoms with Gasteiger partial charge in [0.15, 0.2) is 0 Å². The smallest absolute Gasteiger partial charge is 0.339 e. The number of rotatable bonds is 3. The van der Waals surface area contributed by atoms with Crippen molar-refractivity contribution in [2.24, 2.45) is 0 Å². The molecule has 0 saturated carbocycles. The van der Waals surface area contributed by atoms with Crippen LogP contribution >= 0.6 is 0 Å². The number of aromatic carboxylic acids is 1. The molecular formula is C9H13N3O2. The van der Waals surface area contributed by atoms with E-state index in [0.717, 1.165) is 5.69 Å². The van der Waals surface area contributed by atoms with Gasteiger partial charge in [0.25, 0.3) is 0 Å². The fraction of sp³-hybridized carbons (Fsp3) is 0.333. The van der Waals surface area contributed by atoms with Gasteiger partial charge in [-0.1, -0.05) is 0 Å². The summed E-state index contributed by atoms with van der Waals surface area (Å²) in [6, 6.07) is 1.70. The van der Waals surface area contributed by atoms with Crippen LogP contribution in [-0.4, -0.2) is 35.2 Å². The summed E-state index contributed by atoms with van der Waals surface area (Å²) in [7, 11) is 3.59. The Bertz CT molecular complexity index is 350. The topological polar surface area (TPSA) is 65.5 Å². The lowest BCUT2D eigenvalue weighted by molar-refractivity contribution is 0.0697. The number of aromatic nitrogens is 1. The number of aryl methyl sites for hydroxylation is 1. The summed E-state index contributed by atoms with van der Waals surface area (Å²) in [5.74, 6) is -0.984. The Labute approximate surface area is 82.3 Å². The summed E-state index contributed by atoms with van der Waals surface area (Å²) in [4.78, 5) is 14.7. The van der Waals surface area contributed by atoms with Crippen LogP contribution in [0.15, 0.2) is 12.3 Å². The van der Waals surface area contributed by atoms with E-state index in [1.54, 1.807) is 25.2 Å². The van der Waals surface area contributed by atoms with Gasteiger partial charge in [0.05, 0.1) is 5.69 Å². The Morgan fingerprint density at radius 1 is 1.57 bits per heavy atom. The molecular weight excluding hydrogens is 182 g/mol. The van der Waals surface area contributed by atoms with Crippen LogP contribution in [0, 0.1) is 6.92 Å². The largest absolute Gasteiger partial charge is 0.478 e. The van der Waals surface area contributed by atoms with Gasteiger partial charge in [0, 0.05) is 26.0 Å². The fourth-order valence-corrected chi connectivity index (χ4v) is 1.06. The third kappa shape index (κ3) is 2.43. The van der Waals surface area contributed by atoms with E-state index in [4.69, 9.17) is 5.11 Å². The third-order valence-electron chi connectivity index (χ3n) is 1.62. The quantitative estimate of drug-likeness (QED) is 0.704. The molecule has 0 fully saturated rings. The highest BCUT2D eigenvalue weighted by Crippen LogP contribution is 2.15. The molecule has 0 amide bonds. The fourth-order valence-electron chi connectivity index (χ4n) is 1.06. The number of hydrogen-bond donors (Lipinski definition) is 2. The number of carbonyl (C=O) groups is 1. The highest BCUT2D eigenvalue weighted by atomic mass is 16.4. The van der Waals surface area contributed by atoms with Crippen molar-refractivity contribution < 1.29 is 9.90 Å². The molecule has 0 unspecified atom stereocenters. The molecule has 0 bridgehead atoms. The molecule has 0 aliphatic heterocycles. The van der Waals surface area contributed by atoms with Gasteiger partial charge < -0.3 is 10.5 Å². The Morgan fingerprint density at radius 3 is 2.71 bits per heavy atom. The number of carboxylic acids is 1.